The molecule has 4 heteroatoms. The van der Waals surface area contributed by atoms with E-state index in [9.17, 15) is 10.6 Å². The molecule has 0 aliphatic heterocycles. The minimum atomic E-state index is -0.772. The standard InChI is InChI=1S/C16H12N2OS/c17-18-20(14-10-8-13(19)9-11-14)16-7-3-5-12-4-1-2-6-15(12)16/h1-11,19H. The molecule has 1 unspecified atom stereocenters. The summed E-state index contributed by atoms with van der Waals surface area (Å²) in [6, 6.07) is 20.8. The van der Waals surface area contributed by atoms with E-state index in [0.717, 1.165) is 20.6 Å². The first kappa shape index (κ1) is 12.6. The van der Waals surface area contributed by atoms with Gasteiger partial charge < -0.3 is 10.6 Å². The molecule has 0 heterocycles. The number of aromatic hydroxyl groups is 1. The fourth-order valence-corrected chi connectivity index (χ4v) is 3.59. The second-order valence-electron chi connectivity index (χ2n) is 4.34. The molecule has 3 rings (SSSR count). The Morgan fingerprint density at radius 3 is 2.30 bits per heavy atom. The van der Waals surface area contributed by atoms with Gasteiger partial charge in [0.2, 0.25) is 10.7 Å². The van der Waals surface area contributed by atoms with Crippen molar-refractivity contribution in [3.8, 4) is 5.75 Å². The van der Waals surface area contributed by atoms with Crippen LogP contribution >= 0.6 is 0 Å². The van der Waals surface area contributed by atoms with E-state index >= 15 is 0 Å². The number of benzene rings is 3. The van der Waals surface area contributed by atoms with Crippen molar-refractivity contribution in [2.75, 3.05) is 0 Å². The monoisotopic (exact) mass is 280 g/mol. The van der Waals surface area contributed by atoms with Crippen LogP contribution < -0.4 is 4.16 Å². The average molecular weight is 280 g/mol. The van der Waals surface area contributed by atoms with Gasteiger partial charge in [0.05, 0.1) is 9.79 Å². The Kier molecular flexibility index (Phi) is 3.33. The van der Waals surface area contributed by atoms with Gasteiger partial charge in [0.1, 0.15) is 5.75 Å². The van der Waals surface area contributed by atoms with Crippen LogP contribution in [-0.4, -0.2) is 5.11 Å². The second kappa shape index (κ2) is 5.29. The van der Waals surface area contributed by atoms with E-state index in [-0.39, 0.29) is 5.75 Å². The van der Waals surface area contributed by atoms with Crippen molar-refractivity contribution in [2.24, 2.45) is 0 Å². The lowest BCUT2D eigenvalue weighted by atomic mass is 10.1. The number of nitrogens with zero attached hydrogens (tertiary/aromatic N) is 2. The SMILES string of the molecule is [N-]=[N+]=S(c1ccc(O)cc1)c1cccc2ccccc12. The van der Waals surface area contributed by atoms with Gasteiger partial charge in [-0.1, -0.05) is 36.4 Å². The number of rotatable bonds is 2. The fourth-order valence-electron chi connectivity index (χ4n) is 2.16. The molecule has 0 spiro atoms. The van der Waals surface area contributed by atoms with Crippen molar-refractivity contribution < 1.29 is 5.11 Å². The molecule has 0 fully saturated rings. The van der Waals surface area contributed by atoms with Crippen molar-refractivity contribution in [3.05, 3.63) is 72.3 Å². The highest BCUT2D eigenvalue weighted by Crippen LogP contribution is 2.26. The molecular formula is C16H12N2OS. The zero-order valence-corrected chi connectivity index (χ0v) is 11.4. The largest absolute Gasteiger partial charge is 0.508 e. The Balaban J connectivity index is 2.23. The molecule has 1 atom stereocenters. The van der Waals surface area contributed by atoms with Crippen molar-refractivity contribution in [1.29, 1.82) is 0 Å². The number of hydrogen-bond donors (Lipinski definition) is 1. The molecule has 98 valence electrons. The van der Waals surface area contributed by atoms with E-state index in [0.29, 0.717) is 0 Å². The van der Waals surface area contributed by atoms with Gasteiger partial charge in [0.25, 0.3) is 0 Å². The molecule has 0 amide bonds. The van der Waals surface area contributed by atoms with Gasteiger partial charge in [-0.05, 0) is 35.7 Å². The molecule has 0 aliphatic rings. The third-order valence-electron chi connectivity index (χ3n) is 3.10. The molecule has 0 bridgehead atoms. The van der Waals surface area contributed by atoms with E-state index in [4.69, 9.17) is 0 Å². The molecule has 3 aromatic carbocycles. The second-order valence-corrected chi connectivity index (χ2v) is 5.98. The summed E-state index contributed by atoms with van der Waals surface area (Å²) in [5.74, 6) is 0.202. The quantitative estimate of drug-likeness (QED) is 0.562. The average Bonchev–Trinajstić information content (AvgIpc) is 2.50. The lowest BCUT2D eigenvalue weighted by molar-refractivity contribution is 0.475. The first-order chi connectivity index (χ1) is 9.79. The van der Waals surface area contributed by atoms with Crippen LogP contribution in [-0.2, 0) is 10.7 Å². The summed E-state index contributed by atoms with van der Waals surface area (Å²) in [6.45, 7) is 0. The number of fused-ring (bicyclic) bond motifs is 1. The molecule has 3 nitrogen and oxygen atoms in total. The van der Waals surface area contributed by atoms with Crippen LogP contribution in [0.2, 0.25) is 0 Å². The predicted octanol–water partition coefficient (Wildman–Crippen LogP) is 3.85. The first-order valence-electron chi connectivity index (χ1n) is 6.16. The lowest BCUT2D eigenvalue weighted by Gasteiger charge is -2.04. The summed E-state index contributed by atoms with van der Waals surface area (Å²) in [6.07, 6.45) is 0. The van der Waals surface area contributed by atoms with E-state index in [1.165, 1.54) is 0 Å². The molecule has 3 aromatic rings. The molecule has 20 heavy (non-hydrogen) atoms. The predicted molar refractivity (Wildman–Crippen MR) is 81.4 cm³/mol. The number of phenolic OH excluding ortho intramolecular Hbond substituents is 1. The Morgan fingerprint density at radius 2 is 1.55 bits per heavy atom. The van der Waals surface area contributed by atoms with Crippen molar-refractivity contribution in [1.82, 2.24) is 4.16 Å². The lowest BCUT2D eigenvalue weighted by Crippen LogP contribution is -1.96. The van der Waals surface area contributed by atoms with E-state index in [1.807, 2.05) is 42.5 Å². The summed E-state index contributed by atoms with van der Waals surface area (Å²) >= 11 is 0. The van der Waals surface area contributed by atoms with Crippen LogP contribution in [0, 0.1) is 0 Å². The molecular weight excluding hydrogens is 268 g/mol. The minimum absolute atomic E-state index is 0.202. The van der Waals surface area contributed by atoms with Crippen molar-refractivity contribution >= 4 is 21.5 Å². The molecule has 0 aliphatic carbocycles. The highest BCUT2D eigenvalue weighted by molar-refractivity contribution is 7.87. The Morgan fingerprint density at radius 1 is 0.850 bits per heavy atom. The van der Waals surface area contributed by atoms with Crippen LogP contribution in [0.1, 0.15) is 0 Å². The molecule has 0 aromatic heterocycles. The maximum absolute atomic E-state index is 9.44. The first-order valence-corrected chi connectivity index (χ1v) is 7.34. The van der Waals surface area contributed by atoms with E-state index in [2.05, 4.69) is 4.16 Å². The summed E-state index contributed by atoms with van der Waals surface area (Å²) in [4.78, 5) is 1.83. The summed E-state index contributed by atoms with van der Waals surface area (Å²) in [7, 11) is -0.772. The number of phenols is 1. The highest BCUT2D eigenvalue weighted by atomic mass is 32.2. The Bertz CT molecular complexity index is 816. The minimum Gasteiger partial charge on any atom is -0.508 e. The Labute approximate surface area is 119 Å². The fraction of sp³-hybridized carbons (Fsp3) is 0. The normalized spacial score (nSPS) is 12.0. The van der Waals surface area contributed by atoms with Crippen molar-refractivity contribution in [2.45, 2.75) is 9.79 Å². The van der Waals surface area contributed by atoms with Crippen molar-refractivity contribution in [3.63, 3.8) is 0 Å². The molecule has 0 saturated heterocycles. The van der Waals surface area contributed by atoms with Gasteiger partial charge in [-0.3, -0.25) is 0 Å². The zero-order chi connectivity index (χ0) is 13.9. The van der Waals surface area contributed by atoms with E-state index < -0.39 is 10.7 Å². The van der Waals surface area contributed by atoms with Crippen LogP contribution in [0.5, 0.6) is 5.75 Å². The van der Waals surface area contributed by atoms with Crippen LogP contribution in [0.3, 0.4) is 0 Å². The zero-order valence-electron chi connectivity index (χ0n) is 10.6. The Hall–Kier alpha value is -2.42. The summed E-state index contributed by atoms with van der Waals surface area (Å²) < 4.78 is 3.55. The maximum atomic E-state index is 9.44. The van der Waals surface area contributed by atoms with Gasteiger partial charge in [-0.2, -0.15) is 0 Å². The molecule has 0 saturated carbocycles. The summed E-state index contributed by atoms with van der Waals surface area (Å²) in [5.41, 5.74) is 9.44. The van der Waals surface area contributed by atoms with Crippen LogP contribution in [0.25, 0.3) is 16.3 Å². The van der Waals surface area contributed by atoms with Gasteiger partial charge in [-0.25, -0.2) is 0 Å². The highest BCUT2D eigenvalue weighted by Gasteiger charge is 2.15. The topological polar surface area (TPSA) is 56.6 Å². The number of hydrogen-bond acceptors (Lipinski definition) is 1. The van der Waals surface area contributed by atoms with Gasteiger partial charge >= 0.3 is 0 Å². The third kappa shape index (κ3) is 2.23. The van der Waals surface area contributed by atoms with Crippen LogP contribution in [0.15, 0.2) is 76.5 Å². The van der Waals surface area contributed by atoms with Gasteiger partial charge in [0.15, 0.2) is 0 Å². The molecule has 1 N–H and O–H groups in total. The van der Waals surface area contributed by atoms with Crippen LogP contribution in [0.4, 0.5) is 0 Å². The summed E-state index contributed by atoms with van der Waals surface area (Å²) in [5, 5.41) is 11.6. The van der Waals surface area contributed by atoms with Gasteiger partial charge in [-0.15, -0.1) is 4.16 Å². The molecule has 0 radical (unpaired) electrons. The smallest absolute Gasteiger partial charge is 0.223 e. The maximum Gasteiger partial charge on any atom is 0.223 e. The van der Waals surface area contributed by atoms with Gasteiger partial charge in [0, 0.05) is 5.39 Å². The van der Waals surface area contributed by atoms with E-state index in [1.54, 1.807) is 24.3 Å². The third-order valence-corrected chi connectivity index (χ3v) is 4.75.